The number of hydrogen-bond acceptors (Lipinski definition) is 7. The predicted molar refractivity (Wildman–Crippen MR) is 105 cm³/mol. The number of pyridine rings is 1. The number of benzene rings is 2. The van der Waals surface area contributed by atoms with Gasteiger partial charge in [-0.2, -0.15) is 0 Å². The maximum atomic E-state index is 12.0. The number of carbonyl (C=O) groups excluding carboxylic acids is 1. The van der Waals surface area contributed by atoms with Gasteiger partial charge in [-0.3, -0.25) is 15.1 Å². The van der Waals surface area contributed by atoms with E-state index < -0.39 is 11.1 Å². The molecule has 0 aliphatic carbocycles. The van der Waals surface area contributed by atoms with Crippen LogP contribution in [0.1, 0.15) is 11.3 Å². The van der Waals surface area contributed by atoms with Crippen LogP contribution in [0.4, 0.5) is 16.2 Å². The van der Waals surface area contributed by atoms with Gasteiger partial charge in [0.25, 0.3) is 5.69 Å². The molecule has 8 nitrogen and oxygen atoms in total. The van der Waals surface area contributed by atoms with E-state index in [4.69, 9.17) is 9.47 Å². The second kappa shape index (κ2) is 7.97. The van der Waals surface area contributed by atoms with Gasteiger partial charge in [-0.25, -0.2) is 4.79 Å². The van der Waals surface area contributed by atoms with Gasteiger partial charge in [0.05, 0.1) is 17.2 Å². The van der Waals surface area contributed by atoms with Gasteiger partial charge in [0.15, 0.2) is 0 Å². The zero-order valence-electron chi connectivity index (χ0n) is 15.4. The van der Waals surface area contributed by atoms with E-state index in [0.29, 0.717) is 5.75 Å². The molecule has 0 bridgehead atoms. The Labute approximate surface area is 166 Å². The molecule has 0 amide bonds. The van der Waals surface area contributed by atoms with E-state index >= 15 is 0 Å². The van der Waals surface area contributed by atoms with E-state index in [0.717, 1.165) is 36.5 Å². The van der Waals surface area contributed by atoms with Crippen LogP contribution in [0.25, 0.3) is 0 Å². The molecule has 0 spiro atoms. The summed E-state index contributed by atoms with van der Waals surface area (Å²) in [4.78, 5) is 28.7. The molecule has 0 unspecified atom stereocenters. The maximum Gasteiger partial charge on any atom is 0.519 e. The molecular weight excluding hydrogens is 374 g/mol. The molecule has 2 heterocycles. The molecule has 8 heteroatoms. The molecule has 0 saturated carbocycles. The van der Waals surface area contributed by atoms with Crippen LogP contribution in [0.5, 0.6) is 11.5 Å². The lowest BCUT2D eigenvalue weighted by Crippen LogP contribution is -2.20. The van der Waals surface area contributed by atoms with Crippen molar-refractivity contribution < 1.29 is 19.2 Å². The molecule has 146 valence electrons. The Hall–Kier alpha value is -3.94. The number of non-ortho nitro benzene ring substituents is 1. The molecule has 2 aromatic carbocycles. The standard InChI is InChI=1S/C21H17N3O5/c25-21(28-18-6-4-17(5-7-18)24(26)27)29-19-8-9-20-15(13-19)10-12-23(20)14-16-3-1-2-11-22-16/h1-9,11,13H,10,12,14H2. The summed E-state index contributed by atoms with van der Waals surface area (Å²) in [7, 11) is 0. The fourth-order valence-electron chi connectivity index (χ4n) is 3.21. The summed E-state index contributed by atoms with van der Waals surface area (Å²) in [5.74, 6) is 0.554. The lowest BCUT2D eigenvalue weighted by molar-refractivity contribution is -0.384. The van der Waals surface area contributed by atoms with Gasteiger partial charge < -0.3 is 14.4 Å². The molecule has 0 radical (unpaired) electrons. The first-order valence-electron chi connectivity index (χ1n) is 9.00. The minimum absolute atomic E-state index is 0.0837. The first-order chi connectivity index (χ1) is 14.1. The molecule has 0 fully saturated rings. The summed E-state index contributed by atoms with van der Waals surface area (Å²) >= 11 is 0. The van der Waals surface area contributed by atoms with Crippen LogP contribution in [0.3, 0.4) is 0 Å². The maximum absolute atomic E-state index is 12.0. The molecular formula is C21H17N3O5. The molecule has 1 aromatic heterocycles. The molecule has 1 aliphatic heterocycles. The third-order valence-corrected chi connectivity index (χ3v) is 4.57. The summed E-state index contributed by atoms with van der Waals surface area (Å²) in [5.41, 5.74) is 3.08. The van der Waals surface area contributed by atoms with Crippen molar-refractivity contribution >= 4 is 17.5 Å². The van der Waals surface area contributed by atoms with Crippen molar-refractivity contribution in [2.75, 3.05) is 11.4 Å². The number of carbonyl (C=O) groups is 1. The number of hydrogen-bond donors (Lipinski definition) is 0. The van der Waals surface area contributed by atoms with Crippen molar-refractivity contribution in [2.45, 2.75) is 13.0 Å². The van der Waals surface area contributed by atoms with Crippen LogP contribution in [0, 0.1) is 10.1 Å². The average molecular weight is 391 g/mol. The summed E-state index contributed by atoms with van der Waals surface area (Å²) < 4.78 is 10.3. The van der Waals surface area contributed by atoms with Crippen molar-refractivity contribution in [3.05, 3.63) is 88.2 Å². The highest BCUT2D eigenvalue weighted by Gasteiger charge is 2.21. The number of anilines is 1. The Morgan fingerprint density at radius 3 is 2.55 bits per heavy atom. The van der Waals surface area contributed by atoms with Gasteiger partial charge >= 0.3 is 6.16 Å². The lowest BCUT2D eigenvalue weighted by Gasteiger charge is -2.19. The van der Waals surface area contributed by atoms with Gasteiger partial charge in [-0.05, 0) is 54.4 Å². The second-order valence-corrected chi connectivity index (χ2v) is 6.49. The van der Waals surface area contributed by atoms with Crippen molar-refractivity contribution in [2.24, 2.45) is 0 Å². The fourth-order valence-corrected chi connectivity index (χ4v) is 3.21. The first kappa shape index (κ1) is 18.4. The zero-order valence-corrected chi connectivity index (χ0v) is 15.4. The van der Waals surface area contributed by atoms with Gasteiger partial charge in [0, 0.05) is 30.6 Å². The van der Waals surface area contributed by atoms with E-state index in [1.54, 1.807) is 12.3 Å². The van der Waals surface area contributed by atoms with E-state index in [1.165, 1.54) is 24.3 Å². The average Bonchev–Trinajstić information content (AvgIpc) is 3.11. The van der Waals surface area contributed by atoms with Crippen molar-refractivity contribution in [1.82, 2.24) is 4.98 Å². The first-order valence-corrected chi connectivity index (χ1v) is 9.00. The van der Waals surface area contributed by atoms with Gasteiger partial charge in [-0.1, -0.05) is 6.07 Å². The number of nitro benzene ring substituents is 1. The van der Waals surface area contributed by atoms with Gasteiger partial charge in [-0.15, -0.1) is 0 Å². The topological polar surface area (TPSA) is 94.8 Å². The quantitative estimate of drug-likeness (QED) is 0.279. The van der Waals surface area contributed by atoms with Crippen LogP contribution in [0.2, 0.25) is 0 Å². The Bertz CT molecular complexity index is 1040. The zero-order chi connectivity index (χ0) is 20.2. The molecule has 4 rings (SSSR count). The van der Waals surface area contributed by atoms with Crippen LogP contribution in [-0.2, 0) is 13.0 Å². The number of rotatable bonds is 5. The summed E-state index contributed by atoms with van der Waals surface area (Å²) in [6.45, 7) is 1.58. The number of nitro groups is 1. The van der Waals surface area contributed by atoms with Gasteiger partial charge in [0.1, 0.15) is 11.5 Å². The molecule has 0 saturated heterocycles. The van der Waals surface area contributed by atoms with E-state index in [-0.39, 0.29) is 11.4 Å². The Kier molecular flexibility index (Phi) is 5.07. The van der Waals surface area contributed by atoms with Crippen LogP contribution in [0.15, 0.2) is 66.9 Å². The van der Waals surface area contributed by atoms with E-state index in [2.05, 4.69) is 9.88 Å². The smallest absolute Gasteiger partial charge is 0.395 e. The number of nitrogens with zero attached hydrogens (tertiary/aromatic N) is 3. The van der Waals surface area contributed by atoms with Crippen LogP contribution in [-0.4, -0.2) is 22.6 Å². The fraction of sp³-hybridized carbons (Fsp3) is 0.143. The minimum Gasteiger partial charge on any atom is -0.395 e. The normalized spacial score (nSPS) is 12.3. The highest BCUT2D eigenvalue weighted by atomic mass is 16.7. The summed E-state index contributed by atoms with van der Waals surface area (Å²) in [6.07, 6.45) is 1.72. The monoisotopic (exact) mass is 391 g/mol. The number of aromatic nitrogens is 1. The Morgan fingerprint density at radius 2 is 1.83 bits per heavy atom. The SMILES string of the molecule is O=C(Oc1ccc([N+](=O)[O-])cc1)Oc1ccc2c(c1)CCN2Cc1ccccn1. The molecule has 1 aliphatic rings. The molecule has 29 heavy (non-hydrogen) atoms. The Balaban J connectivity index is 1.39. The van der Waals surface area contributed by atoms with Crippen LogP contribution >= 0.6 is 0 Å². The molecule has 0 N–H and O–H groups in total. The summed E-state index contributed by atoms with van der Waals surface area (Å²) in [6, 6.07) is 16.5. The van der Waals surface area contributed by atoms with Crippen LogP contribution < -0.4 is 14.4 Å². The lowest BCUT2D eigenvalue weighted by atomic mass is 10.1. The number of ether oxygens (including phenoxy) is 2. The van der Waals surface area contributed by atoms with E-state index in [9.17, 15) is 14.9 Å². The molecule has 3 aromatic rings. The minimum atomic E-state index is -0.901. The van der Waals surface area contributed by atoms with Gasteiger partial charge in [0.2, 0.25) is 0 Å². The summed E-state index contributed by atoms with van der Waals surface area (Å²) in [5, 5.41) is 10.7. The highest BCUT2D eigenvalue weighted by molar-refractivity contribution is 5.69. The Morgan fingerprint density at radius 1 is 1.07 bits per heavy atom. The third kappa shape index (κ3) is 4.32. The van der Waals surface area contributed by atoms with E-state index in [1.807, 2.05) is 30.3 Å². The van der Waals surface area contributed by atoms with Crippen molar-refractivity contribution in [3.63, 3.8) is 0 Å². The predicted octanol–water partition coefficient (Wildman–Crippen LogP) is 4.13. The van der Waals surface area contributed by atoms with Crippen molar-refractivity contribution in [3.8, 4) is 11.5 Å². The second-order valence-electron chi connectivity index (χ2n) is 6.49. The largest absolute Gasteiger partial charge is 0.519 e. The highest BCUT2D eigenvalue weighted by Crippen LogP contribution is 2.32. The molecule has 0 atom stereocenters. The number of fused-ring (bicyclic) bond motifs is 1. The third-order valence-electron chi connectivity index (χ3n) is 4.57. The van der Waals surface area contributed by atoms with Crippen molar-refractivity contribution in [1.29, 1.82) is 0 Å².